The molecule has 2 N–H and O–H groups in total. The molecule has 1 atom stereocenters. The summed E-state index contributed by atoms with van der Waals surface area (Å²) < 4.78 is 11.5. The first kappa shape index (κ1) is 15.8. The van der Waals surface area contributed by atoms with Gasteiger partial charge in [0.2, 0.25) is 5.91 Å². The summed E-state index contributed by atoms with van der Waals surface area (Å²) >= 11 is 1.38. The van der Waals surface area contributed by atoms with Crippen LogP contribution in [0.25, 0.3) is 11.0 Å². The molecular weight excluding hydrogens is 338 g/mol. The smallest absolute Gasteiger partial charge is 0.230 e. The lowest BCUT2D eigenvalue weighted by molar-refractivity contribution is -0.119. The molecule has 1 aromatic heterocycles. The molecule has 0 spiro atoms. The Morgan fingerprint density at radius 3 is 2.88 bits per heavy atom. The molecule has 128 valence electrons. The molecule has 1 amide bonds. The summed E-state index contributed by atoms with van der Waals surface area (Å²) in [5.74, 6) is 1.69. The van der Waals surface area contributed by atoms with Crippen LogP contribution in [0.4, 0.5) is 0 Å². The van der Waals surface area contributed by atoms with Crippen molar-refractivity contribution >= 4 is 28.7 Å². The second-order valence-electron chi connectivity index (χ2n) is 5.65. The lowest BCUT2D eigenvalue weighted by Crippen LogP contribution is -2.41. The van der Waals surface area contributed by atoms with Crippen LogP contribution in [0.1, 0.15) is 0 Å². The Balaban J connectivity index is 1.25. The van der Waals surface area contributed by atoms with Gasteiger partial charge < -0.3 is 19.8 Å². The first-order chi connectivity index (χ1) is 12.3. The van der Waals surface area contributed by atoms with E-state index in [1.54, 1.807) is 0 Å². The van der Waals surface area contributed by atoms with Gasteiger partial charge in [-0.15, -0.1) is 0 Å². The number of benzene rings is 2. The van der Waals surface area contributed by atoms with Gasteiger partial charge in [0.1, 0.15) is 12.7 Å². The van der Waals surface area contributed by atoms with Crippen LogP contribution in [0.5, 0.6) is 11.5 Å². The summed E-state index contributed by atoms with van der Waals surface area (Å²) in [6.45, 7) is 0.835. The number of para-hydroxylation sites is 4. The largest absolute Gasteiger partial charge is 0.486 e. The highest BCUT2D eigenvalue weighted by Crippen LogP contribution is 2.30. The summed E-state index contributed by atoms with van der Waals surface area (Å²) in [6.07, 6.45) is -0.185. The summed E-state index contributed by atoms with van der Waals surface area (Å²) in [5, 5.41) is 3.62. The maximum atomic E-state index is 12.0. The van der Waals surface area contributed by atoms with E-state index in [9.17, 15) is 4.79 Å². The highest BCUT2D eigenvalue weighted by atomic mass is 32.2. The summed E-state index contributed by atoms with van der Waals surface area (Å²) in [7, 11) is 0. The standard InChI is InChI=1S/C18H17N3O3S/c22-17(11-25-18-20-13-5-1-2-6-14(13)21-18)19-9-12-10-23-15-7-3-4-8-16(15)24-12/h1-8,12H,9-11H2,(H,19,22)(H,20,21)/t12-/m1/s1. The lowest BCUT2D eigenvalue weighted by Gasteiger charge is -2.26. The molecule has 25 heavy (non-hydrogen) atoms. The van der Waals surface area contributed by atoms with Gasteiger partial charge in [0.25, 0.3) is 0 Å². The Bertz CT molecular complexity index is 863. The number of H-pyrrole nitrogens is 1. The van der Waals surface area contributed by atoms with Crippen LogP contribution < -0.4 is 14.8 Å². The third-order valence-electron chi connectivity index (χ3n) is 3.80. The van der Waals surface area contributed by atoms with Crippen LogP contribution in [0.3, 0.4) is 0 Å². The number of imidazole rings is 1. The predicted molar refractivity (Wildman–Crippen MR) is 96.2 cm³/mol. The topological polar surface area (TPSA) is 76.2 Å². The maximum Gasteiger partial charge on any atom is 0.230 e. The molecule has 0 saturated heterocycles. The molecule has 0 aliphatic carbocycles. The second kappa shape index (κ2) is 7.06. The van der Waals surface area contributed by atoms with Crippen molar-refractivity contribution in [3.8, 4) is 11.5 Å². The molecule has 1 aliphatic heterocycles. The second-order valence-corrected chi connectivity index (χ2v) is 6.61. The summed E-state index contributed by atoms with van der Waals surface area (Å²) in [4.78, 5) is 19.7. The van der Waals surface area contributed by atoms with Crippen molar-refractivity contribution in [2.45, 2.75) is 11.3 Å². The molecule has 7 heteroatoms. The van der Waals surface area contributed by atoms with Crippen molar-refractivity contribution in [2.24, 2.45) is 0 Å². The van der Waals surface area contributed by atoms with E-state index in [1.807, 2.05) is 48.5 Å². The van der Waals surface area contributed by atoms with Crippen LogP contribution >= 0.6 is 11.8 Å². The Morgan fingerprint density at radius 2 is 2.00 bits per heavy atom. The van der Waals surface area contributed by atoms with Crippen LogP contribution in [0.15, 0.2) is 53.7 Å². The quantitative estimate of drug-likeness (QED) is 0.688. The Kier molecular flexibility index (Phi) is 4.47. The van der Waals surface area contributed by atoms with E-state index in [4.69, 9.17) is 9.47 Å². The molecule has 2 heterocycles. The number of rotatable bonds is 5. The van der Waals surface area contributed by atoms with Crippen LogP contribution in [-0.2, 0) is 4.79 Å². The molecule has 0 unspecified atom stereocenters. The zero-order valence-corrected chi connectivity index (χ0v) is 14.2. The fourth-order valence-electron chi connectivity index (χ4n) is 2.57. The van der Waals surface area contributed by atoms with Gasteiger partial charge in [0, 0.05) is 0 Å². The summed E-state index contributed by atoms with van der Waals surface area (Å²) in [6, 6.07) is 15.3. The fraction of sp³-hybridized carbons (Fsp3) is 0.222. The van der Waals surface area contributed by atoms with Crippen LogP contribution in [-0.4, -0.2) is 40.9 Å². The first-order valence-electron chi connectivity index (χ1n) is 8.01. The molecule has 0 radical (unpaired) electrons. The van der Waals surface area contributed by atoms with Gasteiger partial charge in [0.05, 0.1) is 23.3 Å². The highest BCUT2D eigenvalue weighted by Gasteiger charge is 2.21. The average molecular weight is 355 g/mol. The van der Waals surface area contributed by atoms with Crippen molar-refractivity contribution in [3.63, 3.8) is 0 Å². The Hall–Kier alpha value is -2.67. The van der Waals surface area contributed by atoms with Crippen molar-refractivity contribution in [3.05, 3.63) is 48.5 Å². The third kappa shape index (κ3) is 3.71. The minimum absolute atomic E-state index is 0.0621. The first-order valence-corrected chi connectivity index (χ1v) is 8.99. The van der Waals surface area contributed by atoms with Crippen molar-refractivity contribution in [2.75, 3.05) is 18.9 Å². The van der Waals surface area contributed by atoms with Gasteiger partial charge in [-0.25, -0.2) is 4.98 Å². The molecule has 4 rings (SSSR count). The van der Waals surface area contributed by atoms with E-state index >= 15 is 0 Å². The number of aromatic amines is 1. The van der Waals surface area contributed by atoms with Gasteiger partial charge in [0.15, 0.2) is 16.7 Å². The number of carbonyl (C=O) groups excluding carboxylic acids is 1. The van der Waals surface area contributed by atoms with Crippen LogP contribution in [0, 0.1) is 0 Å². The van der Waals surface area contributed by atoms with E-state index in [-0.39, 0.29) is 12.0 Å². The molecule has 1 aliphatic rings. The number of nitrogens with one attached hydrogen (secondary N) is 2. The number of hydrogen-bond donors (Lipinski definition) is 2. The van der Waals surface area contributed by atoms with Crippen molar-refractivity contribution in [1.82, 2.24) is 15.3 Å². The number of thioether (sulfide) groups is 1. The van der Waals surface area contributed by atoms with E-state index in [1.165, 1.54) is 11.8 Å². The molecule has 0 fully saturated rings. The number of fused-ring (bicyclic) bond motifs is 2. The SMILES string of the molecule is O=C(CSc1nc2ccccc2[nH]1)NC[C@@H]1COc2ccccc2O1. The molecule has 0 bridgehead atoms. The van der Waals surface area contributed by atoms with Crippen molar-refractivity contribution in [1.29, 1.82) is 0 Å². The summed E-state index contributed by atoms with van der Waals surface area (Å²) in [5.41, 5.74) is 1.87. The van der Waals surface area contributed by atoms with Gasteiger partial charge in [-0.1, -0.05) is 36.0 Å². The minimum Gasteiger partial charge on any atom is -0.486 e. The van der Waals surface area contributed by atoms with E-state index < -0.39 is 0 Å². The normalized spacial score (nSPS) is 15.9. The number of amides is 1. The van der Waals surface area contributed by atoms with Crippen LogP contribution in [0.2, 0.25) is 0 Å². The van der Waals surface area contributed by atoms with E-state index in [0.29, 0.717) is 24.7 Å². The average Bonchev–Trinajstić information content (AvgIpc) is 3.07. The molecule has 3 aromatic rings. The monoisotopic (exact) mass is 355 g/mol. The number of carbonyl (C=O) groups is 1. The zero-order chi connectivity index (χ0) is 17.1. The predicted octanol–water partition coefficient (Wildman–Crippen LogP) is 2.61. The molecule has 2 aromatic carbocycles. The van der Waals surface area contributed by atoms with E-state index in [2.05, 4.69) is 15.3 Å². The zero-order valence-electron chi connectivity index (χ0n) is 13.4. The fourth-order valence-corrected chi connectivity index (χ4v) is 3.29. The van der Waals surface area contributed by atoms with Crippen molar-refractivity contribution < 1.29 is 14.3 Å². The van der Waals surface area contributed by atoms with Gasteiger partial charge in [-0.2, -0.15) is 0 Å². The van der Waals surface area contributed by atoms with Gasteiger partial charge >= 0.3 is 0 Å². The Morgan fingerprint density at radius 1 is 1.20 bits per heavy atom. The maximum absolute atomic E-state index is 12.0. The van der Waals surface area contributed by atoms with E-state index in [0.717, 1.165) is 21.9 Å². The number of aromatic nitrogens is 2. The van der Waals surface area contributed by atoms with Gasteiger partial charge in [-0.05, 0) is 24.3 Å². The molecular formula is C18H17N3O3S. The minimum atomic E-state index is -0.185. The lowest BCUT2D eigenvalue weighted by atomic mass is 10.2. The highest BCUT2D eigenvalue weighted by molar-refractivity contribution is 7.99. The third-order valence-corrected chi connectivity index (χ3v) is 4.68. The van der Waals surface area contributed by atoms with Gasteiger partial charge in [-0.3, -0.25) is 4.79 Å². The molecule has 6 nitrogen and oxygen atoms in total. The number of ether oxygens (including phenoxy) is 2. The number of nitrogens with zero attached hydrogens (tertiary/aromatic N) is 1. The number of hydrogen-bond acceptors (Lipinski definition) is 5. The Labute approximate surface area is 148 Å². The molecule has 0 saturated carbocycles.